The van der Waals surface area contributed by atoms with Crippen LogP contribution in [-0.4, -0.2) is 15.7 Å². The zero-order valence-corrected chi connectivity index (χ0v) is 12.8. The molecule has 0 saturated carbocycles. The fourth-order valence-electron chi connectivity index (χ4n) is 1.92. The van der Waals surface area contributed by atoms with Gasteiger partial charge in [0.2, 0.25) is 5.91 Å². The van der Waals surface area contributed by atoms with Crippen LogP contribution in [0, 0.1) is 18.3 Å². The van der Waals surface area contributed by atoms with Crippen molar-refractivity contribution in [3.63, 3.8) is 0 Å². The zero-order chi connectivity index (χ0) is 15.9. The number of nitrogens with one attached hydrogen (secondary N) is 1. The molecule has 0 aliphatic carbocycles. The Kier molecular flexibility index (Phi) is 5.34. The van der Waals surface area contributed by atoms with Crippen LogP contribution in [0.1, 0.15) is 17.7 Å². The predicted molar refractivity (Wildman–Crippen MR) is 86.3 cm³/mol. The number of halogens is 1. The van der Waals surface area contributed by atoms with E-state index in [9.17, 15) is 4.79 Å². The van der Waals surface area contributed by atoms with Gasteiger partial charge < -0.3 is 5.32 Å². The summed E-state index contributed by atoms with van der Waals surface area (Å²) in [5.74, 6) is 0.312. The first-order valence-electron chi connectivity index (χ1n) is 6.74. The van der Waals surface area contributed by atoms with Crippen molar-refractivity contribution in [3.05, 3.63) is 52.7 Å². The second kappa shape index (κ2) is 7.43. The minimum atomic E-state index is -0.266. The normalized spacial score (nSPS) is 10.6. The highest BCUT2D eigenvalue weighted by molar-refractivity contribution is 6.30. The highest BCUT2D eigenvalue weighted by Gasteiger charge is 2.07. The molecule has 2 aromatic rings. The number of benzene rings is 1. The van der Waals surface area contributed by atoms with Gasteiger partial charge in [0.1, 0.15) is 5.82 Å². The first kappa shape index (κ1) is 15.8. The lowest BCUT2D eigenvalue weighted by molar-refractivity contribution is -0.111. The molecule has 1 N–H and O–H groups in total. The molecule has 0 unspecified atom stereocenters. The third-order valence-corrected chi connectivity index (χ3v) is 3.10. The summed E-state index contributed by atoms with van der Waals surface area (Å²) in [5.41, 5.74) is 1.63. The van der Waals surface area contributed by atoms with E-state index in [4.69, 9.17) is 16.9 Å². The molecule has 6 heteroatoms. The summed E-state index contributed by atoms with van der Waals surface area (Å²) in [6.45, 7) is 2.28. The molecule has 0 aliphatic heterocycles. The average Bonchev–Trinajstić information content (AvgIpc) is 2.83. The molecular weight excluding hydrogens is 300 g/mol. The van der Waals surface area contributed by atoms with Gasteiger partial charge in [0, 0.05) is 17.2 Å². The number of carbonyl (C=O) groups is 1. The lowest BCUT2D eigenvalue weighted by Gasteiger charge is -2.05. The van der Waals surface area contributed by atoms with Gasteiger partial charge in [0.05, 0.1) is 24.7 Å². The van der Waals surface area contributed by atoms with E-state index < -0.39 is 0 Å². The highest BCUT2D eigenvalue weighted by atomic mass is 35.5. The van der Waals surface area contributed by atoms with Crippen molar-refractivity contribution in [2.75, 3.05) is 5.32 Å². The Morgan fingerprint density at radius 2 is 2.32 bits per heavy atom. The number of rotatable bonds is 5. The molecule has 5 nitrogen and oxygen atoms in total. The molecule has 0 spiro atoms. The van der Waals surface area contributed by atoms with Gasteiger partial charge in [-0.2, -0.15) is 10.4 Å². The van der Waals surface area contributed by atoms with Crippen molar-refractivity contribution in [1.29, 1.82) is 5.26 Å². The lowest BCUT2D eigenvalue weighted by atomic mass is 10.2. The van der Waals surface area contributed by atoms with Gasteiger partial charge in [0.25, 0.3) is 0 Å². The third kappa shape index (κ3) is 4.47. The fraction of sp³-hybridized carbons (Fsp3) is 0.188. The largest absolute Gasteiger partial charge is 0.307 e. The molecule has 112 valence electrons. The molecule has 0 saturated heterocycles. The summed E-state index contributed by atoms with van der Waals surface area (Å²) in [5, 5.41) is 16.3. The molecule has 0 aliphatic rings. The van der Waals surface area contributed by atoms with E-state index in [0.717, 1.165) is 11.3 Å². The van der Waals surface area contributed by atoms with E-state index in [-0.39, 0.29) is 5.91 Å². The van der Waals surface area contributed by atoms with E-state index in [1.165, 1.54) is 6.08 Å². The van der Waals surface area contributed by atoms with Crippen LogP contribution in [0.5, 0.6) is 0 Å². The second-order valence-electron chi connectivity index (χ2n) is 4.68. The van der Waals surface area contributed by atoms with Gasteiger partial charge in [-0.3, -0.25) is 4.79 Å². The van der Waals surface area contributed by atoms with Gasteiger partial charge >= 0.3 is 0 Å². The predicted octanol–water partition coefficient (Wildman–Crippen LogP) is 3.41. The monoisotopic (exact) mass is 314 g/mol. The molecule has 2 rings (SSSR count). The van der Waals surface area contributed by atoms with Crippen molar-refractivity contribution in [2.45, 2.75) is 19.9 Å². The van der Waals surface area contributed by atoms with Gasteiger partial charge in [-0.05, 0) is 30.7 Å². The molecule has 1 aromatic heterocycles. The molecule has 22 heavy (non-hydrogen) atoms. The van der Waals surface area contributed by atoms with Crippen molar-refractivity contribution >= 4 is 29.4 Å². The van der Waals surface area contributed by atoms with E-state index in [1.54, 1.807) is 29.0 Å². The van der Waals surface area contributed by atoms with Crippen LogP contribution in [0.2, 0.25) is 5.02 Å². The Morgan fingerprint density at radius 1 is 1.50 bits per heavy atom. The van der Waals surface area contributed by atoms with Gasteiger partial charge in [0.15, 0.2) is 0 Å². The summed E-state index contributed by atoms with van der Waals surface area (Å²) in [6, 6.07) is 11.0. The van der Waals surface area contributed by atoms with Crippen LogP contribution in [0.15, 0.2) is 36.4 Å². The molecule has 0 bridgehead atoms. The van der Waals surface area contributed by atoms with Crippen LogP contribution < -0.4 is 5.32 Å². The number of nitriles is 1. The Hall–Kier alpha value is -2.58. The maximum Gasteiger partial charge on any atom is 0.249 e. The number of nitrogens with zero attached hydrogens (tertiary/aromatic N) is 3. The fourth-order valence-corrected chi connectivity index (χ4v) is 2.12. The highest BCUT2D eigenvalue weighted by Crippen LogP contribution is 2.13. The number of aromatic nitrogens is 2. The minimum Gasteiger partial charge on any atom is -0.307 e. The minimum absolute atomic E-state index is 0.266. The first-order valence-corrected chi connectivity index (χ1v) is 7.12. The van der Waals surface area contributed by atoms with Crippen molar-refractivity contribution < 1.29 is 4.79 Å². The maximum absolute atomic E-state index is 12.0. The number of carbonyl (C=O) groups excluding carboxylic acids is 1. The Morgan fingerprint density at radius 3 is 3.05 bits per heavy atom. The van der Waals surface area contributed by atoms with Gasteiger partial charge in [-0.1, -0.05) is 23.7 Å². The van der Waals surface area contributed by atoms with Crippen LogP contribution in [0.25, 0.3) is 6.08 Å². The van der Waals surface area contributed by atoms with Gasteiger partial charge in [-0.15, -0.1) is 0 Å². The smallest absolute Gasteiger partial charge is 0.249 e. The number of anilines is 1. The topological polar surface area (TPSA) is 70.7 Å². The summed E-state index contributed by atoms with van der Waals surface area (Å²) in [7, 11) is 0. The van der Waals surface area contributed by atoms with Crippen LogP contribution in [0.4, 0.5) is 5.82 Å². The van der Waals surface area contributed by atoms with Crippen molar-refractivity contribution in [1.82, 2.24) is 9.78 Å². The van der Waals surface area contributed by atoms with Crippen molar-refractivity contribution in [3.8, 4) is 6.07 Å². The summed E-state index contributed by atoms with van der Waals surface area (Å²) in [4.78, 5) is 12.0. The SMILES string of the molecule is Cc1cc(NC(=O)/C=C\c2cccc(Cl)c2)n(CCC#N)n1. The van der Waals surface area contributed by atoms with E-state index in [0.29, 0.717) is 23.8 Å². The quantitative estimate of drug-likeness (QED) is 0.860. The van der Waals surface area contributed by atoms with E-state index in [1.807, 2.05) is 19.1 Å². The maximum atomic E-state index is 12.0. The van der Waals surface area contributed by atoms with E-state index in [2.05, 4.69) is 16.5 Å². The Bertz CT molecular complexity index is 743. The van der Waals surface area contributed by atoms with Crippen LogP contribution >= 0.6 is 11.6 Å². The Labute approximate surface area is 133 Å². The number of hydrogen-bond donors (Lipinski definition) is 1. The molecule has 1 amide bonds. The molecule has 1 aromatic carbocycles. The van der Waals surface area contributed by atoms with Crippen LogP contribution in [-0.2, 0) is 11.3 Å². The first-order chi connectivity index (χ1) is 10.6. The summed E-state index contributed by atoms with van der Waals surface area (Å²) >= 11 is 5.89. The molecule has 0 atom stereocenters. The summed E-state index contributed by atoms with van der Waals surface area (Å²) in [6.07, 6.45) is 3.45. The average molecular weight is 315 g/mol. The molecule has 0 fully saturated rings. The Balaban J connectivity index is 2.04. The number of hydrogen-bond acceptors (Lipinski definition) is 3. The lowest BCUT2D eigenvalue weighted by Crippen LogP contribution is -2.13. The number of aryl methyl sites for hydroxylation is 2. The zero-order valence-electron chi connectivity index (χ0n) is 12.1. The van der Waals surface area contributed by atoms with E-state index >= 15 is 0 Å². The molecular formula is C16H15ClN4O. The van der Waals surface area contributed by atoms with Crippen molar-refractivity contribution in [2.24, 2.45) is 0 Å². The van der Waals surface area contributed by atoms with Gasteiger partial charge in [-0.25, -0.2) is 4.68 Å². The molecule has 0 radical (unpaired) electrons. The number of amides is 1. The third-order valence-electron chi connectivity index (χ3n) is 2.86. The standard InChI is InChI=1S/C16H15ClN4O/c1-12-10-15(21(20-12)9-3-8-18)19-16(22)7-6-13-4-2-5-14(17)11-13/h2,4-7,10-11H,3,9H2,1H3,(H,19,22)/b7-6-. The molecule has 1 heterocycles. The summed E-state index contributed by atoms with van der Waals surface area (Å²) < 4.78 is 1.61. The second-order valence-corrected chi connectivity index (χ2v) is 5.12. The van der Waals surface area contributed by atoms with Crippen LogP contribution in [0.3, 0.4) is 0 Å².